The number of aromatic nitrogens is 1. The molecule has 0 radical (unpaired) electrons. The summed E-state index contributed by atoms with van der Waals surface area (Å²) in [5.74, 6) is -2.13. The number of nitrogens with zero attached hydrogens (tertiary/aromatic N) is 2. The third-order valence-corrected chi connectivity index (χ3v) is 1.66. The molecule has 0 aliphatic carbocycles. The Balaban J connectivity index is 3.39. The number of rotatable bonds is 3. The van der Waals surface area contributed by atoms with Crippen molar-refractivity contribution in [1.82, 2.24) is 4.98 Å². The van der Waals surface area contributed by atoms with Gasteiger partial charge >= 0.3 is 5.82 Å². The predicted octanol–water partition coefficient (Wildman–Crippen LogP) is 1.53. The Bertz CT molecular complexity index is 397. The minimum absolute atomic E-state index is 0.387. The van der Waals surface area contributed by atoms with E-state index in [1.807, 2.05) is 0 Å². The van der Waals surface area contributed by atoms with Crippen LogP contribution >= 0.6 is 0 Å². The summed E-state index contributed by atoms with van der Waals surface area (Å²) in [5, 5.41) is 10.4. The summed E-state index contributed by atoms with van der Waals surface area (Å²) in [5.41, 5.74) is 3.58. The van der Waals surface area contributed by atoms with Gasteiger partial charge in [0.15, 0.2) is 5.82 Å². The molecule has 0 unspecified atom stereocenters. The second kappa shape index (κ2) is 4.22. The maximum atomic E-state index is 13.0. The lowest BCUT2D eigenvalue weighted by Crippen LogP contribution is -2.08. The first-order chi connectivity index (χ1) is 6.97. The van der Waals surface area contributed by atoms with E-state index in [1.165, 1.54) is 0 Å². The molecule has 0 aromatic carbocycles. The van der Waals surface area contributed by atoms with Gasteiger partial charge in [0, 0.05) is 0 Å². The summed E-state index contributed by atoms with van der Waals surface area (Å²) >= 11 is 0. The molecular formula is C7H6F3N3O2. The number of nitrogens with two attached hydrogens (primary N) is 1. The van der Waals surface area contributed by atoms with E-state index in [2.05, 4.69) is 4.98 Å². The first-order valence-electron chi connectivity index (χ1n) is 3.79. The van der Waals surface area contributed by atoms with E-state index in [-0.39, 0.29) is 0 Å². The topological polar surface area (TPSA) is 82.0 Å². The fourth-order valence-corrected chi connectivity index (χ4v) is 0.980. The molecule has 0 aliphatic heterocycles. The normalized spacial score (nSPS) is 10.7. The Morgan fingerprint density at radius 2 is 2.20 bits per heavy atom. The maximum absolute atomic E-state index is 13.0. The van der Waals surface area contributed by atoms with Crippen LogP contribution in [0.2, 0.25) is 0 Å². The van der Waals surface area contributed by atoms with E-state index in [0.29, 0.717) is 6.07 Å². The van der Waals surface area contributed by atoms with Crippen LogP contribution in [-0.4, -0.2) is 9.91 Å². The highest BCUT2D eigenvalue weighted by Crippen LogP contribution is 2.28. The van der Waals surface area contributed by atoms with Gasteiger partial charge in [0.2, 0.25) is 5.69 Å². The van der Waals surface area contributed by atoms with Crippen LogP contribution in [0.3, 0.4) is 0 Å². The van der Waals surface area contributed by atoms with Crippen LogP contribution in [0.1, 0.15) is 17.7 Å². The van der Waals surface area contributed by atoms with E-state index in [1.54, 1.807) is 0 Å². The zero-order valence-electron chi connectivity index (χ0n) is 7.28. The van der Waals surface area contributed by atoms with Crippen molar-refractivity contribution in [3.8, 4) is 0 Å². The van der Waals surface area contributed by atoms with Crippen molar-refractivity contribution in [2.75, 3.05) is 0 Å². The van der Waals surface area contributed by atoms with Gasteiger partial charge in [0.25, 0.3) is 6.43 Å². The average Bonchev–Trinajstić information content (AvgIpc) is 2.16. The molecule has 0 bridgehead atoms. The van der Waals surface area contributed by atoms with Crippen molar-refractivity contribution >= 4 is 5.82 Å². The van der Waals surface area contributed by atoms with E-state index < -0.39 is 40.8 Å². The second-order valence-corrected chi connectivity index (χ2v) is 2.59. The van der Waals surface area contributed by atoms with Gasteiger partial charge in [-0.3, -0.25) is 0 Å². The SMILES string of the molecule is NCc1nc([N+](=O)[O-])c(C(F)F)cc1F. The highest BCUT2D eigenvalue weighted by molar-refractivity contribution is 5.35. The van der Waals surface area contributed by atoms with Gasteiger partial charge < -0.3 is 15.8 Å². The number of hydrogen-bond acceptors (Lipinski definition) is 4. The zero-order chi connectivity index (χ0) is 11.6. The van der Waals surface area contributed by atoms with Gasteiger partial charge in [-0.2, -0.15) is 0 Å². The highest BCUT2D eigenvalue weighted by atomic mass is 19.3. The molecule has 0 aliphatic rings. The quantitative estimate of drug-likeness (QED) is 0.619. The fraction of sp³-hybridized carbons (Fsp3) is 0.286. The Morgan fingerprint density at radius 1 is 1.60 bits per heavy atom. The van der Waals surface area contributed by atoms with Crippen molar-refractivity contribution in [2.24, 2.45) is 5.73 Å². The molecule has 1 aromatic heterocycles. The highest BCUT2D eigenvalue weighted by Gasteiger charge is 2.26. The smallest absolute Gasteiger partial charge is 0.358 e. The molecule has 0 spiro atoms. The summed E-state index contributed by atoms with van der Waals surface area (Å²) in [6, 6.07) is 0.387. The number of alkyl halides is 2. The minimum Gasteiger partial charge on any atom is -0.358 e. The van der Waals surface area contributed by atoms with Gasteiger partial charge in [0.1, 0.15) is 5.56 Å². The van der Waals surface area contributed by atoms with Gasteiger partial charge in [-0.15, -0.1) is 0 Å². The third kappa shape index (κ3) is 2.21. The van der Waals surface area contributed by atoms with E-state index in [0.717, 1.165) is 0 Å². The number of halogens is 3. The second-order valence-electron chi connectivity index (χ2n) is 2.59. The van der Waals surface area contributed by atoms with Crippen molar-refractivity contribution in [2.45, 2.75) is 13.0 Å². The Kier molecular flexibility index (Phi) is 3.20. The van der Waals surface area contributed by atoms with Crippen LogP contribution in [0.15, 0.2) is 6.07 Å². The van der Waals surface area contributed by atoms with Crippen LogP contribution in [0.25, 0.3) is 0 Å². The van der Waals surface area contributed by atoms with E-state index in [9.17, 15) is 23.3 Å². The number of pyridine rings is 1. The molecule has 82 valence electrons. The minimum atomic E-state index is -3.15. The summed E-state index contributed by atoms with van der Waals surface area (Å²) in [6.45, 7) is -0.393. The van der Waals surface area contributed by atoms with Crippen molar-refractivity contribution in [3.63, 3.8) is 0 Å². The summed E-state index contributed by atoms with van der Waals surface area (Å²) < 4.78 is 37.5. The van der Waals surface area contributed by atoms with E-state index in [4.69, 9.17) is 5.73 Å². The zero-order valence-corrected chi connectivity index (χ0v) is 7.28. The summed E-state index contributed by atoms with van der Waals surface area (Å²) in [6.07, 6.45) is -3.15. The van der Waals surface area contributed by atoms with Gasteiger partial charge in [-0.1, -0.05) is 0 Å². The molecule has 0 saturated heterocycles. The van der Waals surface area contributed by atoms with Gasteiger partial charge in [-0.05, 0) is 16.0 Å². The number of nitro groups is 1. The van der Waals surface area contributed by atoms with Crippen molar-refractivity contribution in [3.05, 3.63) is 33.3 Å². The summed E-state index contributed by atoms with van der Waals surface area (Å²) in [4.78, 5) is 12.4. The Labute approximate surface area is 81.9 Å². The predicted molar refractivity (Wildman–Crippen MR) is 43.7 cm³/mol. The van der Waals surface area contributed by atoms with Crippen LogP contribution < -0.4 is 5.73 Å². The molecule has 1 aromatic rings. The molecule has 5 nitrogen and oxygen atoms in total. The lowest BCUT2D eigenvalue weighted by atomic mass is 10.2. The molecule has 1 rings (SSSR count). The van der Waals surface area contributed by atoms with Crippen molar-refractivity contribution < 1.29 is 18.1 Å². The molecule has 0 atom stereocenters. The molecule has 1 heterocycles. The van der Waals surface area contributed by atoms with Crippen molar-refractivity contribution in [1.29, 1.82) is 0 Å². The van der Waals surface area contributed by atoms with Crippen LogP contribution in [0.4, 0.5) is 19.0 Å². The molecule has 0 amide bonds. The molecule has 8 heteroatoms. The van der Waals surface area contributed by atoms with Gasteiger partial charge in [0.05, 0.1) is 6.54 Å². The lowest BCUT2D eigenvalue weighted by Gasteiger charge is -2.02. The third-order valence-electron chi connectivity index (χ3n) is 1.66. The molecule has 15 heavy (non-hydrogen) atoms. The lowest BCUT2D eigenvalue weighted by molar-refractivity contribution is -0.391. The maximum Gasteiger partial charge on any atom is 0.372 e. The number of hydrogen-bond donors (Lipinski definition) is 1. The van der Waals surface area contributed by atoms with Crippen LogP contribution in [0, 0.1) is 15.9 Å². The monoisotopic (exact) mass is 221 g/mol. The van der Waals surface area contributed by atoms with Crippen LogP contribution in [0.5, 0.6) is 0 Å². The first-order valence-corrected chi connectivity index (χ1v) is 3.79. The Morgan fingerprint density at radius 3 is 2.60 bits per heavy atom. The van der Waals surface area contributed by atoms with Gasteiger partial charge in [-0.25, -0.2) is 13.2 Å². The molecule has 0 saturated carbocycles. The fourth-order valence-electron chi connectivity index (χ4n) is 0.980. The molecule has 2 N–H and O–H groups in total. The average molecular weight is 221 g/mol. The van der Waals surface area contributed by atoms with E-state index >= 15 is 0 Å². The first kappa shape index (κ1) is 11.4. The summed E-state index contributed by atoms with van der Waals surface area (Å²) in [7, 11) is 0. The Hall–Kier alpha value is -1.70. The standard InChI is InChI=1S/C7H6F3N3O2/c8-4-1-3(6(9)10)7(13(14)15)12-5(4)2-11/h1,6H,2,11H2. The largest absolute Gasteiger partial charge is 0.372 e. The molecule has 0 fully saturated rings. The van der Waals surface area contributed by atoms with Crippen LogP contribution in [-0.2, 0) is 6.54 Å². The molecular weight excluding hydrogens is 215 g/mol.